The lowest BCUT2D eigenvalue weighted by molar-refractivity contribution is -0.365. The second-order valence-electron chi connectivity index (χ2n) is 4.47. The Bertz CT molecular complexity index is 331. The summed E-state index contributed by atoms with van der Waals surface area (Å²) in [6, 6.07) is 0. The molecule has 0 aromatic heterocycles. The van der Waals surface area contributed by atoms with Gasteiger partial charge in [0.1, 0.15) is 6.67 Å². The van der Waals surface area contributed by atoms with Crippen molar-refractivity contribution in [2.24, 2.45) is 0 Å². The molecule has 8 unspecified atom stereocenters. The van der Waals surface area contributed by atoms with Crippen LogP contribution in [-0.4, -0.2) is 82.4 Å². The Morgan fingerprint density at radius 3 is 1.27 bits per heavy atom. The molecule has 0 amide bonds. The van der Waals surface area contributed by atoms with Crippen LogP contribution in [0.25, 0.3) is 0 Å². The molecule has 0 spiro atoms. The molecule has 8 atom stereocenters. The third-order valence-electron chi connectivity index (χ3n) is 2.71. The second kappa shape index (κ2) is 8.22. The maximum Gasteiger partial charge on any atom is 0.306 e. The monoisotopic (exact) mass is 350 g/mol. The summed E-state index contributed by atoms with van der Waals surface area (Å²) in [5.74, 6) is -4.22. The van der Waals surface area contributed by atoms with E-state index in [2.05, 4.69) is 0 Å². The molecular formula is C10H14F8O4. The van der Waals surface area contributed by atoms with Crippen LogP contribution in [0.5, 0.6) is 0 Å². The van der Waals surface area contributed by atoms with Gasteiger partial charge >= 0.3 is 5.97 Å². The Kier molecular flexibility index (Phi) is 7.95. The standard InChI is InChI=1S/C10H14F8O4/c11-1-2(12)3(13)4(14)5(15)6(16)7(17)8(18)9(19)10(20,21)22/h2-9,19-22H,1H2. The zero-order valence-corrected chi connectivity index (χ0v) is 10.6. The number of aliphatic hydroxyl groups excluding tert-OH is 1. The normalized spacial score (nSPS) is 24.0. The van der Waals surface area contributed by atoms with Crippen molar-refractivity contribution in [3.63, 3.8) is 0 Å². The van der Waals surface area contributed by atoms with E-state index in [1.165, 1.54) is 0 Å². The van der Waals surface area contributed by atoms with Crippen LogP contribution in [0, 0.1) is 0 Å². The zero-order chi connectivity index (χ0) is 17.8. The molecule has 0 aliphatic heterocycles. The largest absolute Gasteiger partial charge is 0.382 e. The van der Waals surface area contributed by atoms with Crippen molar-refractivity contribution in [1.29, 1.82) is 0 Å². The molecule has 4 nitrogen and oxygen atoms in total. The summed E-state index contributed by atoms with van der Waals surface area (Å²) in [6.45, 7) is -2.07. The van der Waals surface area contributed by atoms with Gasteiger partial charge in [0, 0.05) is 0 Å². The van der Waals surface area contributed by atoms with Crippen LogP contribution < -0.4 is 0 Å². The summed E-state index contributed by atoms with van der Waals surface area (Å²) in [7, 11) is 0. The van der Waals surface area contributed by atoms with Gasteiger partial charge in [-0.1, -0.05) is 0 Å². The van der Waals surface area contributed by atoms with Gasteiger partial charge in [0.05, 0.1) is 0 Å². The Hall–Kier alpha value is -0.720. The van der Waals surface area contributed by atoms with E-state index < -0.39 is 62.0 Å². The number of hydrogen-bond acceptors (Lipinski definition) is 4. The van der Waals surface area contributed by atoms with E-state index in [9.17, 15) is 35.1 Å². The third kappa shape index (κ3) is 5.18. The van der Waals surface area contributed by atoms with E-state index >= 15 is 0 Å². The van der Waals surface area contributed by atoms with Gasteiger partial charge in [0.15, 0.2) is 49.3 Å². The van der Waals surface area contributed by atoms with E-state index in [4.69, 9.17) is 20.4 Å². The lowest BCUT2D eigenvalue weighted by Gasteiger charge is -2.29. The molecule has 0 aliphatic rings. The van der Waals surface area contributed by atoms with Crippen molar-refractivity contribution in [3.05, 3.63) is 0 Å². The maximum atomic E-state index is 13.2. The maximum absolute atomic E-state index is 13.2. The van der Waals surface area contributed by atoms with Crippen molar-refractivity contribution in [2.45, 2.75) is 55.3 Å². The van der Waals surface area contributed by atoms with E-state index in [1.807, 2.05) is 0 Å². The molecule has 0 heterocycles. The van der Waals surface area contributed by atoms with Gasteiger partial charge in [0.2, 0.25) is 0 Å². The number of halogens is 8. The van der Waals surface area contributed by atoms with Crippen molar-refractivity contribution >= 4 is 0 Å². The molecule has 4 N–H and O–H groups in total. The van der Waals surface area contributed by atoms with Gasteiger partial charge in [-0.15, -0.1) is 0 Å². The van der Waals surface area contributed by atoms with Crippen LogP contribution in [0.15, 0.2) is 0 Å². The molecule has 0 saturated carbocycles. The molecule has 0 aromatic rings. The van der Waals surface area contributed by atoms with E-state index in [-0.39, 0.29) is 0 Å². The van der Waals surface area contributed by atoms with Crippen molar-refractivity contribution in [1.82, 2.24) is 0 Å². The van der Waals surface area contributed by atoms with Gasteiger partial charge < -0.3 is 20.4 Å². The fraction of sp³-hybridized carbons (Fsp3) is 1.00. The van der Waals surface area contributed by atoms with E-state index in [0.29, 0.717) is 0 Å². The number of aliphatic hydroxyl groups is 4. The Morgan fingerprint density at radius 2 is 0.955 bits per heavy atom. The third-order valence-corrected chi connectivity index (χ3v) is 2.71. The lowest BCUT2D eigenvalue weighted by Crippen LogP contribution is -2.54. The van der Waals surface area contributed by atoms with Crippen LogP contribution in [-0.2, 0) is 0 Å². The Labute approximate surface area is 119 Å². The summed E-state index contributed by atoms with van der Waals surface area (Å²) in [5.41, 5.74) is 0. The number of hydrogen-bond donors (Lipinski definition) is 4. The zero-order valence-electron chi connectivity index (χ0n) is 10.6. The van der Waals surface area contributed by atoms with Crippen LogP contribution in [0.4, 0.5) is 35.1 Å². The minimum Gasteiger partial charge on any atom is -0.382 e. The number of rotatable bonds is 9. The summed E-state index contributed by atoms with van der Waals surface area (Å²) in [4.78, 5) is 0. The molecule has 0 saturated heterocycles. The van der Waals surface area contributed by atoms with Crippen LogP contribution >= 0.6 is 0 Å². The first-order valence-electron chi connectivity index (χ1n) is 5.75. The molecule has 0 radical (unpaired) electrons. The Morgan fingerprint density at radius 1 is 0.636 bits per heavy atom. The van der Waals surface area contributed by atoms with E-state index in [1.54, 1.807) is 0 Å². The predicted octanol–water partition coefficient (Wildman–Crippen LogP) is 0.314. The van der Waals surface area contributed by atoms with Crippen molar-refractivity contribution in [2.75, 3.05) is 6.67 Å². The second-order valence-corrected chi connectivity index (χ2v) is 4.47. The molecule has 0 bridgehead atoms. The smallest absolute Gasteiger partial charge is 0.306 e. The fourth-order valence-electron chi connectivity index (χ4n) is 1.37. The van der Waals surface area contributed by atoms with Crippen LogP contribution in [0.1, 0.15) is 0 Å². The highest BCUT2D eigenvalue weighted by molar-refractivity contribution is 4.93. The average Bonchev–Trinajstić information content (AvgIpc) is 2.47. The average molecular weight is 350 g/mol. The lowest BCUT2D eigenvalue weighted by atomic mass is 9.97. The molecular weight excluding hydrogens is 336 g/mol. The summed E-state index contributed by atoms with van der Waals surface area (Å²) in [5, 5.41) is 33.7. The molecule has 0 aliphatic carbocycles. The first-order chi connectivity index (χ1) is 9.86. The first-order valence-corrected chi connectivity index (χ1v) is 5.75. The van der Waals surface area contributed by atoms with Gasteiger partial charge in [-0.2, -0.15) is 0 Å². The van der Waals surface area contributed by atoms with Gasteiger partial charge in [-0.05, 0) is 0 Å². The summed E-state index contributed by atoms with van der Waals surface area (Å²) < 4.78 is 103. The highest BCUT2D eigenvalue weighted by Gasteiger charge is 2.50. The molecule has 134 valence electrons. The minimum atomic E-state index is -4.22. The fourth-order valence-corrected chi connectivity index (χ4v) is 1.37. The van der Waals surface area contributed by atoms with Crippen molar-refractivity contribution < 1.29 is 55.5 Å². The SMILES string of the molecule is OC(C(F)C(F)C(F)C(F)C(F)C(F)C(F)CF)C(O)(O)O. The summed E-state index contributed by atoms with van der Waals surface area (Å²) in [6.07, 6.45) is -28.7. The number of alkyl halides is 8. The van der Waals surface area contributed by atoms with Gasteiger partial charge in [-0.25, -0.2) is 35.1 Å². The molecule has 0 rings (SSSR count). The van der Waals surface area contributed by atoms with Gasteiger partial charge in [0.25, 0.3) is 0 Å². The predicted molar refractivity (Wildman–Crippen MR) is 55.6 cm³/mol. The topological polar surface area (TPSA) is 80.9 Å². The van der Waals surface area contributed by atoms with Crippen LogP contribution in [0.3, 0.4) is 0 Å². The summed E-state index contributed by atoms with van der Waals surface area (Å²) >= 11 is 0. The Balaban J connectivity index is 4.90. The van der Waals surface area contributed by atoms with Crippen molar-refractivity contribution in [3.8, 4) is 0 Å². The molecule has 22 heavy (non-hydrogen) atoms. The molecule has 0 fully saturated rings. The molecule has 0 aromatic carbocycles. The highest BCUT2D eigenvalue weighted by atomic mass is 19.2. The minimum absolute atomic E-state index is 2.07. The molecule has 12 heteroatoms. The van der Waals surface area contributed by atoms with Gasteiger partial charge in [-0.3, -0.25) is 0 Å². The van der Waals surface area contributed by atoms with Crippen LogP contribution in [0.2, 0.25) is 0 Å². The highest BCUT2D eigenvalue weighted by Crippen LogP contribution is 2.28. The first kappa shape index (κ1) is 21.3. The van der Waals surface area contributed by atoms with E-state index in [0.717, 1.165) is 0 Å². The quantitative estimate of drug-likeness (QED) is 0.357.